The van der Waals surface area contributed by atoms with Crippen LogP contribution in [0.2, 0.25) is 0 Å². The van der Waals surface area contributed by atoms with Gasteiger partial charge in [-0.25, -0.2) is 9.59 Å². The van der Waals surface area contributed by atoms with Crippen molar-refractivity contribution in [1.82, 2.24) is 0 Å². The molecular formula is C29H36O9. The van der Waals surface area contributed by atoms with Gasteiger partial charge in [0.2, 0.25) is 0 Å². The zero-order valence-corrected chi connectivity index (χ0v) is 21.5. The molecule has 1 unspecified atom stereocenters. The lowest BCUT2D eigenvalue weighted by atomic mass is 9.87. The Morgan fingerprint density at radius 1 is 0.895 bits per heavy atom. The van der Waals surface area contributed by atoms with Gasteiger partial charge in [-0.15, -0.1) is 0 Å². The Balaban J connectivity index is 1.38. The second-order valence-corrected chi connectivity index (χ2v) is 8.95. The number of benzene rings is 2. The highest BCUT2D eigenvalue weighted by atomic mass is 16.6. The highest BCUT2D eigenvalue weighted by Crippen LogP contribution is 2.30. The van der Waals surface area contributed by atoms with Gasteiger partial charge in [0.25, 0.3) is 0 Å². The van der Waals surface area contributed by atoms with Gasteiger partial charge >= 0.3 is 11.9 Å². The third kappa shape index (κ3) is 9.81. The molecule has 9 nitrogen and oxygen atoms in total. The largest absolute Gasteiger partial charge is 0.493 e. The summed E-state index contributed by atoms with van der Waals surface area (Å²) in [6.07, 6.45) is 4.83. The molecule has 1 atom stereocenters. The first-order chi connectivity index (χ1) is 18.5. The van der Waals surface area contributed by atoms with Crippen LogP contribution in [0.5, 0.6) is 17.2 Å². The van der Waals surface area contributed by atoms with E-state index in [0.29, 0.717) is 48.9 Å². The first kappa shape index (κ1) is 29.2. The number of esters is 2. The average molecular weight is 529 g/mol. The van der Waals surface area contributed by atoms with Crippen LogP contribution in [0.4, 0.5) is 0 Å². The summed E-state index contributed by atoms with van der Waals surface area (Å²) in [5.74, 6) is 0.458. The quantitative estimate of drug-likeness (QED) is 0.116. The van der Waals surface area contributed by atoms with Gasteiger partial charge in [-0.2, -0.15) is 0 Å². The van der Waals surface area contributed by atoms with Crippen molar-refractivity contribution >= 4 is 11.9 Å². The molecule has 0 spiro atoms. The summed E-state index contributed by atoms with van der Waals surface area (Å²) in [7, 11) is 0. The molecule has 1 fully saturated rings. The van der Waals surface area contributed by atoms with Crippen LogP contribution < -0.4 is 14.2 Å². The van der Waals surface area contributed by atoms with E-state index in [1.54, 1.807) is 48.5 Å². The number of carbonyl (C=O) groups excluding carboxylic acids is 2. The molecule has 1 aliphatic carbocycles. The highest BCUT2D eigenvalue weighted by Gasteiger charge is 2.28. The molecule has 206 valence electrons. The van der Waals surface area contributed by atoms with Gasteiger partial charge in [0, 0.05) is 31.6 Å². The molecule has 0 bridgehead atoms. The molecule has 0 amide bonds. The van der Waals surface area contributed by atoms with Gasteiger partial charge in [0.1, 0.15) is 17.2 Å². The van der Waals surface area contributed by atoms with Crippen molar-refractivity contribution in [2.45, 2.75) is 50.9 Å². The third-order valence-corrected chi connectivity index (χ3v) is 6.13. The maximum absolute atomic E-state index is 12.5. The Morgan fingerprint density at radius 2 is 1.55 bits per heavy atom. The predicted molar refractivity (Wildman–Crippen MR) is 139 cm³/mol. The molecule has 0 saturated heterocycles. The molecule has 0 aromatic heterocycles. The number of rotatable bonds is 15. The van der Waals surface area contributed by atoms with E-state index in [2.05, 4.69) is 6.58 Å². The summed E-state index contributed by atoms with van der Waals surface area (Å²) in [6.45, 7) is 4.61. The van der Waals surface area contributed by atoms with Crippen LogP contribution in [0.3, 0.4) is 0 Å². The van der Waals surface area contributed by atoms with E-state index in [9.17, 15) is 14.7 Å². The van der Waals surface area contributed by atoms with Crippen LogP contribution in [-0.4, -0.2) is 61.0 Å². The van der Waals surface area contributed by atoms with Gasteiger partial charge in [0.05, 0.1) is 24.9 Å². The van der Waals surface area contributed by atoms with Crippen LogP contribution in [0.25, 0.3) is 0 Å². The van der Waals surface area contributed by atoms with Crippen LogP contribution in [-0.2, 0) is 14.3 Å². The Labute approximate surface area is 222 Å². The molecule has 1 saturated carbocycles. The average Bonchev–Trinajstić information content (AvgIpc) is 2.94. The maximum Gasteiger partial charge on any atom is 0.343 e. The van der Waals surface area contributed by atoms with E-state index in [1.807, 2.05) is 0 Å². The Bertz CT molecular complexity index is 996. The van der Waals surface area contributed by atoms with E-state index < -0.39 is 18.2 Å². The summed E-state index contributed by atoms with van der Waals surface area (Å²) < 4.78 is 27.3. The highest BCUT2D eigenvalue weighted by molar-refractivity contribution is 5.91. The third-order valence-electron chi connectivity index (χ3n) is 6.13. The molecule has 2 aromatic rings. The minimum atomic E-state index is -0.926. The summed E-state index contributed by atoms with van der Waals surface area (Å²) in [4.78, 5) is 23.5. The van der Waals surface area contributed by atoms with Gasteiger partial charge in [-0.1, -0.05) is 6.58 Å². The van der Waals surface area contributed by atoms with Crippen molar-refractivity contribution in [2.24, 2.45) is 5.92 Å². The fraction of sp³-hybridized carbons (Fsp3) is 0.448. The van der Waals surface area contributed by atoms with Crippen molar-refractivity contribution in [2.75, 3.05) is 26.4 Å². The summed E-state index contributed by atoms with van der Waals surface area (Å²) in [6, 6.07) is 13.1. The molecule has 1 aliphatic rings. The van der Waals surface area contributed by atoms with E-state index >= 15 is 0 Å². The normalized spacial score (nSPS) is 17.7. The number of aliphatic hydroxyl groups is 2. The number of hydrogen-bond donors (Lipinski definition) is 2. The standard InChI is InChI=1S/C29H36O9/c1-2-27(31)36-20-4-19-35-24-11-7-22(8-12-24)29(33)38-26-15-13-25(14-16-26)37-28(32)21-5-9-23(10-6-21)34-18-3-17-30/h2,7-8,11-16,21,23,28,30,32H,1,3-6,9-10,17-20H2. The van der Waals surface area contributed by atoms with Crippen LogP contribution in [0.15, 0.2) is 61.2 Å². The lowest BCUT2D eigenvalue weighted by Gasteiger charge is -2.31. The Kier molecular flexibility index (Phi) is 12.1. The van der Waals surface area contributed by atoms with E-state index in [0.717, 1.165) is 31.8 Å². The second-order valence-electron chi connectivity index (χ2n) is 8.95. The Morgan fingerprint density at radius 3 is 2.21 bits per heavy atom. The zero-order chi connectivity index (χ0) is 27.2. The summed E-state index contributed by atoms with van der Waals surface area (Å²) in [5.41, 5.74) is 0.365. The van der Waals surface area contributed by atoms with Gasteiger partial charge in [-0.05, 0) is 80.6 Å². The van der Waals surface area contributed by atoms with Crippen molar-refractivity contribution in [3.05, 3.63) is 66.7 Å². The first-order valence-electron chi connectivity index (χ1n) is 12.9. The minimum absolute atomic E-state index is 0.0203. The van der Waals surface area contributed by atoms with E-state index in [1.165, 1.54) is 0 Å². The molecule has 2 N–H and O–H groups in total. The van der Waals surface area contributed by atoms with E-state index in [-0.39, 0.29) is 25.2 Å². The van der Waals surface area contributed by atoms with Crippen molar-refractivity contribution in [3.63, 3.8) is 0 Å². The van der Waals surface area contributed by atoms with E-state index in [4.69, 9.17) is 28.8 Å². The number of hydrogen-bond acceptors (Lipinski definition) is 9. The van der Waals surface area contributed by atoms with Crippen LogP contribution in [0, 0.1) is 5.92 Å². The van der Waals surface area contributed by atoms with Crippen LogP contribution >= 0.6 is 0 Å². The zero-order valence-electron chi connectivity index (χ0n) is 21.5. The first-order valence-corrected chi connectivity index (χ1v) is 12.9. The maximum atomic E-state index is 12.5. The smallest absolute Gasteiger partial charge is 0.343 e. The second kappa shape index (κ2) is 15.8. The molecule has 0 aliphatic heterocycles. The lowest BCUT2D eigenvalue weighted by molar-refractivity contribution is -0.137. The van der Waals surface area contributed by atoms with Crippen molar-refractivity contribution in [1.29, 1.82) is 0 Å². The SMILES string of the molecule is C=CC(=O)OCCCOc1ccc(C(=O)Oc2ccc(OC(O)C3CCC(OCCCO)CC3)cc2)cc1. The molecule has 2 aromatic carbocycles. The summed E-state index contributed by atoms with van der Waals surface area (Å²) in [5, 5.41) is 19.4. The predicted octanol–water partition coefficient (Wildman–Crippen LogP) is 4.06. The van der Waals surface area contributed by atoms with Gasteiger partial charge in [0.15, 0.2) is 6.29 Å². The van der Waals surface area contributed by atoms with Gasteiger partial charge < -0.3 is 33.9 Å². The molecule has 3 rings (SSSR count). The van der Waals surface area contributed by atoms with Crippen molar-refractivity contribution in [3.8, 4) is 17.2 Å². The number of aliphatic hydroxyl groups excluding tert-OH is 2. The molecule has 38 heavy (non-hydrogen) atoms. The summed E-state index contributed by atoms with van der Waals surface area (Å²) >= 11 is 0. The topological polar surface area (TPSA) is 121 Å². The lowest BCUT2D eigenvalue weighted by Crippen LogP contribution is -2.32. The molecular weight excluding hydrogens is 492 g/mol. The monoisotopic (exact) mass is 528 g/mol. The van der Waals surface area contributed by atoms with Crippen molar-refractivity contribution < 1.29 is 43.5 Å². The number of ether oxygens (including phenoxy) is 5. The fourth-order valence-electron chi connectivity index (χ4n) is 4.01. The Hall–Kier alpha value is -3.40. The fourth-order valence-corrected chi connectivity index (χ4v) is 4.01. The molecule has 0 heterocycles. The van der Waals surface area contributed by atoms with Crippen LogP contribution in [0.1, 0.15) is 48.9 Å². The van der Waals surface area contributed by atoms with Gasteiger partial charge in [-0.3, -0.25) is 0 Å². The molecule has 9 heteroatoms. The molecule has 0 radical (unpaired) electrons. The minimum Gasteiger partial charge on any atom is -0.493 e. The number of carbonyl (C=O) groups is 2.